The molecule has 0 fully saturated rings. The van der Waals surface area contributed by atoms with Crippen LogP contribution >= 0.6 is 15.9 Å². The highest BCUT2D eigenvalue weighted by atomic mass is 79.9. The third-order valence-electron chi connectivity index (χ3n) is 3.23. The number of benzene rings is 2. The van der Waals surface area contributed by atoms with Gasteiger partial charge < -0.3 is 14.9 Å². The molecule has 1 amide bonds. The molecule has 1 atom stereocenters. The van der Waals surface area contributed by atoms with Crippen LogP contribution in [0.4, 0.5) is 10.5 Å². The van der Waals surface area contributed by atoms with Gasteiger partial charge in [0.05, 0.1) is 0 Å². The van der Waals surface area contributed by atoms with Crippen LogP contribution in [0.1, 0.15) is 24.5 Å². The van der Waals surface area contributed by atoms with Crippen molar-refractivity contribution in [2.45, 2.75) is 18.9 Å². The summed E-state index contributed by atoms with van der Waals surface area (Å²) in [4.78, 5) is 12.1. The molecule has 0 saturated carbocycles. The van der Waals surface area contributed by atoms with Crippen LogP contribution in [-0.2, 0) is 4.74 Å². The average molecular weight is 380 g/mol. The monoisotopic (exact) mass is 379 g/mol. The van der Waals surface area contributed by atoms with Crippen LogP contribution in [0.2, 0.25) is 0 Å². The summed E-state index contributed by atoms with van der Waals surface area (Å²) >= 11 is 3.33. The van der Waals surface area contributed by atoms with Crippen molar-refractivity contribution >= 4 is 27.7 Å². The Kier molecular flexibility index (Phi) is 6.43. The van der Waals surface area contributed by atoms with E-state index in [9.17, 15) is 9.90 Å². The number of aromatic hydroxyl groups is 1. The molecule has 5 nitrogen and oxygen atoms in total. The maximum Gasteiger partial charge on any atom is 0.412 e. The lowest BCUT2D eigenvalue weighted by molar-refractivity contribution is 0.0995. The zero-order valence-corrected chi connectivity index (χ0v) is 14.0. The van der Waals surface area contributed by atoms with Crippen LogP contribution in [-0.4, -0.2) is 22.9 Å². The molecule has 2 aromatic carbocycles. The maximum absolute atomic E-state index is 12.1. The van der Waals surface area contributed by atoms with Gasteiger partial charge in [0, 0.05) is 16.8 Å². The Hall–Kier alpha value is -2.05. The van der Waals surface area contributed by atoms with Crippen molar-refractivity contribution in [1.29, 1.82) is 0 Å². The number of hydrogen-bond donors (Lipinski definition) is 3. The largest absolute Gasteiger partial charge is 0.508 e. The molecular weight excluding hydrogens is 362 g/mol. The molecule has 23 heavy (non-hydrogen) atoms. The van der Waals surface area contributed by atoms with E-state index in [1.165, 1.54) is 12.1 Å². The molecular formula is C17H18BrNO4. The molecule has 0 aromatic heterocycles. The highest BCUT2D eigenvalue weighted by molar-refractivity contribution is 9.10. The second-order valence-corrected chi connectivity index (χ2v) is 5.90. The lowest BCUT2D eigenvalue weighted by Crippen LogP contribution is -2.18. The van der Waals surface area contributed by atoms with Gasteiger partial charge in [0.15, 0.2) is 0 Å². The quantitative estimate of drug-likeness (QED) is 0.701. The number of halogens is 1. The topological polar surface area (TPSA) is 78.8 Å². The van der Waals surface area contributed by atoms with Gasteiger partial charge in [0.25, 0.3) is 0 Å². The molecule has 0 aliphatic heterocycles. The number of phenolic OH excluding ortho intramolecular Hbond substituents is 1. The number of ether oxygens (including phenoxy) is 1. The van der Waals surface area contributed by atoms with E-state index in [0.29, 0.717) is 18.5 Å². The number of hydrogen-bond acceptors (Lipinski definition) is 4. The van der Waals surface area contributed by atoms with E-state index in [2.05, 4.69) is 21.2 Å². The molecule has 2 rings (SSSR count). The molecule has 2 aromatic rings. The first-order valence-electron chi connectivity index (χ1n) is 7.21. The second kappa shape index (κ2) is 8.55. The first-order valence-corrected chi connectivity index (χ1v) is 8.01. The second-order valence-electron chi connectivity index (χ2n) is 4.98. The molecule has 0 radical (unpaired) electrons. The van der Waals surface area contributed by atoms with Gasteiger partial charge in [-0.25, -0.2) is 4.79 Å². The Morgan fingerprint density at radius 3 is 2.39 bits per heavy atom. The van der Waals surface area contributed by atoms with Crippen LogP contribution in [0.3, 0.4) is 0 Å². The predicted octanol–water partition coefficient (Wildman–Crippen LogP) is 4.22. The average Bonchev–Trinajstić information content (AvgIpc) is 2.54. The van der Waals surface area contributed by atoms with Crippen molar-refractivity contribution in [3.63, 3.8) is 0 Å². The van der Waals surface area contributed by atoms with E-state index in [1.54, 1.807) is 24.3 Å². The van der Waals surface area contributed by atoms with Crippen molar-refractivity contribution in [2.75, 3.05) is 11.9 Å². The smallest absolute Gasteiger partial charge is 0.412 e. The van der Waals surface area contributed by atoms with Gasteiger partial charge >= 0.3 is 6.09 Å². The molecule has 6 heteroatoms. The molecule has 0 spiro atoms. The fraction of sp³-hybridized carbons (Fsp3) is 0.235. The van der Waals surface area contributed by atoms with Crippen molar-refractivity contribution < 1.29 is 19.7 Å². The number of amides is 1. The number of carbonyl (C=O) groups is 1. The van der Waals surface area contributed by atoms with Gasteiger partial charge in [0.1, 0.15) is 11.9 Å². The van der Waals surface area contributed by atoms with Crippen LogP contribution in [0, 0.1) is 0 Å². The van der Waals surface area contributed by atoms with E-state index in [0.717, 1.165) is 10.0 Å². The van der Waals surface area contributed by atoms with Crippen LogP contribution in [0.15, 0.2) is 53.0 Å². The summed E-state index contributed by atoms with van der Waals surface area (Å²) in [6, 6.07) is 13.6. The van der Waals surface area contributed by atoms with Gasteiger partial charge in [-0.2, -0.15) is 0 Å². The first-order chi connectivity index (χ1) is 11.1. The number of aliphatic hydroxyl groups excluding tert-OH is 1. The fourth-order valence-corrected chi connectivity index (χ4v) is 2.33. The van der Waals surface area contributed by atoms with E-state index in [-0.39, 0.29) is 12.4 Å². The normalized spacial score (nSPS) is 11.7. The summed E-state index contributed by atoms with van der Waals surface area (Å²) in [6.07, 6.45) is -0.0480. The number of aliphatic hydroxyl groups is 1. The van der Waals surface area contributed by atoms with Crippen molar-refractivity contribution in [3.8, 4) is 5.75 Å². The van der Waals surface area contributed by atoms with Gasteiger partial charge in [-0.05, 0) is 54.8 Å². The van der Waals surface area contributed by atoms with E-state index >= 15 is 0 Å². The van der Waals surface area contributed by atoms with Crippen molar-refractivity contribution in [3.05, 3.63) is 58.6 Å². The Morgan fingerprint density at radius 2 is 1.78 bits per heavy atom. The predicted molar refractivity (Wildman–Crippen MR) is 91.4 cm³/mol. The Labute approximate surface area is 143 Å². The minimum absolute atomic E-state index is 0.0201. The van der Waals surface area contributed by atoms with E-state index < -0.39 is 12.2 Å². The first kappa shape index (κ1) is 17.3. The maximum atomic E-state index is 12.1. The molecule has 0 aliphatic carbocycles. The molecule has 0 aliphatic rings. The standard InChI is InChI=1S/C17H18BrNO4/c18-13-5-7-14(8-6-13)19-17(22)23-16(2-1-11-20)12-3-9-15(21)10-4-12/h3-10,16,20-21H,1-2,11H2,(H,19,22)/t16-/m1/s1. The van der Waals surface area contributed by atoms with E-state index in [4.69, 9.17) is 9.84 Å². The summed E-state index contributed by atoms with van der Waals surface area (Å²) in [5, 5.41) is 21.0. The summed E-state index contributed by atoms with van der Waals surface area (Å²) in [5.41, 5.74) is 1.40. The molecule has 3 N–H and O–H groups in total. The van der Waals surface area contributed by atoms with Crippen LogP contribution in [0.5, 0.6) is 5.75 Å². The third-order valence-corrected chi connectivity index (χ3v) is 3.76. The number of anilines is 1. The third kappa shape index (κ3) is 5.58. The molecule has 0 unspecified atom stereocenters. The van der Waals surface area contributed by atoms with Crippen molar-refractivity contribution in [1.82, 2.24) is 0 Å². The molecule has 122 valence electrons. The Morgan fingerprint density at radius 1 is 1.13 bits per heavy atom. The van der Waals surface area contributed by atoms with Crippen LogP contribution in [0.25, 0.3) is 0 Å². The Balaban J connectivity index is 2.02. The SMILES string of the molecule is O=C(Nc1ccc(Br)cc1)O[C@H](CCCO)c1ccc(O)cc1. The zero-order valence-electron chi connectivity index (χ0n) is 12.4. The summed E-state index contributed by atoms with van der Waals surface area (Å²) in [7, 11) is 0. The zero-order chi connectivity index (χ0) is 16.7. The number of phenols is 1. The highest BCUT2D eigenvalue weighted by Gasteiger charge is 2.16. The fourth-order valence-electron chi connectivity index (χ4n) is 2.07. The number of rotatable bonds is 6. The Bertz CT molecular complexity index is 628. The van der Waals surface area contributed by atoms with Gasteiger partial charge in [0.2, 0.25) is 0 Å². The summed E-state index contributed by atoms with van der Waals surface area (Å²) in [6.45, 7) is 0.0201. The summed E-state index contributed by atoms with van der Waals surface area (Å²) < 4.78 is 6.38. The lowest BCUT2D eigenvalue weighted by atomic mass is 10.0. The van der Waals surface area contributed by atoms with Crippen molar-refractivity contribution in [2.24, 2.45) is 0 Å². The van der Waals surface area contributed by atoms with Gasteiger partial charge in [-0.15, -0.1) is 0 Å². The number of carbonyl (C=O) groups excluding carboxylic acids is 1. The van der Waals surface area contributed by atoms with Gasteiger partial charge in [-0.1, -0.05) is 28.1 Å². The summed E-state index contributed by atoms with van der Waals surface area (Å²) in [5.74, 6) is 0.147. The minimum Gasteiger partial charge on any atom is -0.508 e. The minimum atomic E-state index is -0.566. The van der Waals surface area contributed by atoms with E-state index in [1.807, 2.05) is 12.1 Å². The van der Waals surface area contributed by atoms with Crippen LogP contribution < -0.4 is 5.32 Å². The molecule has 0 heterocycles. The molecule has 0 saturated heterocycles. The highest BCUT2D eigenvalue weighted by Crippen LogP contribution is 2.25. The van der Waals surface area contributed by atoms with Gasteiger partial charge in [-0.3, -0.25) is 5.32 Å². The molecule has 0 bridgehead atoms. The number of nitrogens with one attached hydrogen (secondary N) is 1. The lowest BCUT2D eigenvalue weighted by Gasteiger charge is -2.18.